The Kier molecular flexibility index (Phi) is 2.86. The standard InChI is InChI=1S/C9H10N4O2S/c1-13(4-6-2-3-16-5-6)9(14)7-8(10)12-15-11-7/h2-3,5H,4H2,1H3,(H2,10,12). The van der Waals surface area contributed by atoms with Gasteiger partial charge in [0.1, 0.15) is 0 Å². The normalized spacial score (nSPS) is 10.3. The van der Waals surface area contributed by atoms with E-state index >= 15 is 0 Å². The topological polar surface area (TPSA) is 85.2 Å². The number of thiophene rings is 1. The van der Waals surface area contributed by atoms with Crippen molar-refractivity contribution in [1.82, 2.24) is 15.2 Å². The number of nitrogens with zero attached hydrogens (tertiary/aromatic N) is 3. The van der Waals surface area contributed by atoms with E-state index in [4.69, 9.17) is 5.73 Å². The van der Waals surface area contributed by atoms with Gasteiger partial charge in [-0.1, -0.05) is 0 Å². The molecule has 2 rings (SSSR count). The monoisotopic (exact) mass is 238 g/mol. The molecule has 0 saturated carbocycles. The summed E-state index contributed by atoms with van der Waals surface area (Å²) in [6.07, 6.45) is 0. The molecule has 0 fully saturated rings. The SMILES string of the molecule is CN(Cc1ccsc1)C(=O)c1nonc1N. The van der Waals surface area contributed by atoms with Crippen molar-refractivity contribution in [3.05, 3.63) is 28.1 Å². The fraction of sp³-hybridized carbons (Fsp3) is 0.222. The molecule has 2 aromatic rings. The van der Waals surface area contributed by atoms with Gasteiger partial charge >= 0.3 is 0 Å². The number of rotatable bonds is 3. The van der Waals surface area contributed by atoms with Crippen LogP contribution in [0, 0.1) is 0 Å². The quantitative estimate of drug-likeness (QED) is 0.861. The summed E-state index contributed by atoms with van der Waals surface area (Å²) >= 11 is 1.58. The summed E-state index contributed by atoms with van der Waals surface area (Å²) in [6.45, 7) is 0.509. The van der Waals surface area contributed by atoms with Crippen LogP contribution in [0.2, 0.25) is 0 Å². The molecule has 0 saturated heterocycles. The molecule has 2 aromatic heterocycles. The third kappa shape index (κ3) is 2.03. The third-order valence-electron chi connectivity index (χ3n) is 2.06. The van der Waals surface area contributed by atoms with E-state index in [1.165, 1.54) is 4.90 Å². The summed E-state index contributed by atoms with van der Waals surface area (Å²) in [4.78, 5) is 13.4. The number of anilines is 1. The molecule has 0 radical (unpaired) electrons. The Morgan fingerprint density at radius 3 is 3.00 bits per heavy atom. The lowest BCUT2D eigenvalue weighted by molar-refractivity contribution is 0.0775. The third-order valence-corrected chi connectivity index (χ3v) is 2.80. The van der Waals surface area contributed by atoms with E-state index in [0.717, 1.165) is 5.56 Å². The zero-order chi connectivity index (χ0) is 11.5. The molecule has 0 aliphatic heterocycles. The lowest BCUT2D eigenvalue weighted by Gasteiger charge is -2.14. The molecule has 84 valence electrons. The number of hydrogen-bond acceptors (Lipinski definition) is 6. The van der Waals surface area contributed by atoms with E-state index in [-0.39, 0.29) is 17.4 Å². The predicted molar refractivity (Wildman–Crippen MR) is 58.8 cm³/mol. The van der Waals surface area contributed by atoms with Crippen molar-refractivity contribution in [1.29, 1.82) is 0 Å². The second-order valence-electron chi connectivity index (χ2n) is 3.29. The van der Waals surface area contributed by atoms with Crippen LogP contribution in [0.3, 0.4) is 0 Å². The lowest BCUT2D eigenvalue weighted by Crippen LogP contribution is -2.27. The van der Waals surface area contributed by atoms with Crippen molar-refractivity contribution in [3.63, 3.8) is 0 Å². The highest BCUT2D eigenvalue weighted by molar-refractivity contribution is 7.07. The van der Waals surface area contributed by atoms with Crippen LogP contribution < -0.4 is 5.73 Å². The smallest absolute Gasteiger partial charge is 0.280 e. The van der Waals surface area contributed by atoms with E-state index in [9.17, 15) is 4.79 Å². The molecule has 0 aromatic carbocycles. The molecule has 0 spiro atoms. The van der Waals surface area contributed by atoms with Crippen molar-refractivity contribution >= 4 is 23.1 Å². The number of carbonyl (C=O) groups is 1. The van der Waals surface area contributed by atoms with Crippen molar-refractivity contribution in [2.75, 3.05) is 12.8 Å². The first-order valence-electron chi connectivity index (χ1n) is 4.53. The Labute approximate surface area is 95.6 Å². The van der Waals surface area contributed by atoms with E-state index in [0.29, 0.717) is 6.54 Å². The highest BCUT2D eigenvalue weighted by atomic mass is 32.1. The zero-order valence-corrected chi connectivity index (χ0v) is 9.40. The van der Waals surface area contributed by atoms with Gasteiger partial charge in [-0.25, -0.2) is 4.63 Å². The van der Waals surface area contributed by atoms with Gasteiger partial charge < -0.3 is 10.6 Å². The molecule has 0 unspecified atom stereocenters. The highest BCUT2D eigenvalue weighted by Gasteiger charge is 2.20. The Bertz CT molecular complexity index is 479. The maximum atomic E-state index is 11.8. The minimum absolute atomic E-state index is 0.0159. The van der Waals surface area contributed by atoms with Gasteiger partial charge in [0, 0.05) is 13.6 Å². The molecule has 2 heterocycles. The fourth-order valence-corrected chi connectivity index (χ4v) is 1.91. The first-order chi connectivity index (χ1) is 7.68. The molecular formula is C9H10N4O2S. The summed E-state index contributed by atoms with van der Waals surface area (Å²) in [5.74, 6) is -0.285. The number of nitrogens with two attached hydrogens (primary N) is 1. The van der Waals surface area contributed by atoms with Crippen molar-refractivity contribution in [2.45, 2.75) is 6.54 Å². The van der Waals surface area contributed by atoms with Gasteiger partial charge in [0.25, 0.3) is 5.91 Å². The second kappa shape index (κ2) is 4.31. The summed E-state index contributed by atoms with van der Waals surface area (Å²) < 4.78 is 4.38. The van der Waals surface area contributed by atoms with Crippen LogP contribution in [0.1, 0.15) is 16.1 Å². The van der Waals surface area contributed by atoms with Crippen molar-refractivity contribution in [2.24, 2.45) is 0 Å². The van der Waals surface area contributed by atoms with Gasteiger partial charge in [-0.3, -0.25) is 4.79 Å². The number of carbonyl (C=O) groups excluding carboxylic acids is 1. The van der Waals surface area contributed by atoms with Crippen LogP contribution >= 0.6 is 11.3 Å². The van der Waals surface area contributed by atoms with E-state index in [1.807, 2.05) is 16.8 Å². The van der Waals surface area contributed by atoms with Gasteiger partial charge in [-0.2, -0.15) is 11.3 Å². The molecular weight excluding hydrogens is 228 g/mol. The second-order valence-corrected chi connectivity index (χ2v) is 4.07. The number of hydrogen-bond donors (Lipinski definition) is 1. The molecule has 2 N–H and O–H groups in total. The fourth-order valence-electron chi connectivity index (χ4n) is 1.25. The molecule has 7 heteroatoms. The van der Waals surface area contributed by atoms with Gasteiger partial charge in [0.15, 0.2) is 0 Å². The van der Waals surface area contributed by atoms with Crippen LogP contribution in [0.4, 0.5) is 5.82 Å². The Balaban J connectivity index is 2.08. The maximum Gasteiger partial charge on any atom is 0.280 e. The van der Waals surface area contributed by atoms with Crippen LogP contribution in [-0.4, -0.2) is 28.2 Å². The highest BCUT2D eigenvalue weighted by Crippen LogP contribution is 2.12. The molecule has 16 heavy (non-hydrogen) atoms. The predicted octanol–water partition coefficient (Wildman–Crippen LogP) is 0.986. The van der Waals surface area contributed by atoms with E-state index in [2.05, 4.69) is 14.9 Å². The summed E-state index contributed by atoms with van der Waals surface area (Å²) in [7, 11) is 1.67. The number of aromatic nitrogens is 2. The average Bonchev–Trinajstić information content (AvgIpc) is 2.88. The lowest BCUT2D eigenvalue weighted by atomic mass is 10.3. The first-order valence-corrected chi connectivity index (χ1v) is 5.47. The molecule has 0 aliphatic rings. The van der Waals surface area contributed by atoms with Crippen molar-refractivity contribution in [3.8, 4) is 0 Å². The van der Waals surface area contributed by atoms with Crippen LogP contribution in [0.25, 0.3) is 0 Å². The summed E-state index contributed by atoms with van der Waals surface area (Å²) in [5, 5.41) is 10.8. The number of nitrogen functional groups attached to an aromatic ring is 1. The van der Waals surface area contributed by atoms with Gasteiger partial charge in [0.05, 0.1) is 0 Å². The molecule has 0 atom stereocenters. The van der Waals surface area contributed by atoms with E-state index in [1.54, 1.807) is 18.4 Å². The van der Waals surface area contributed by atoms with E-state index < -0.39 is 0 Å². The van der Waals surface area contributed by atoms with Crippen molar-refractivity contribution < 1.29 is 9.42 Å². The largest absolute Gasteiger partial charge is 0.379 e. The Morgan fingerprint density at radius 2 is 2.44 bits per heavy atom. The summed E-state index contributed by atoms with van der Waals surface area (Å²) in [5.41, 5.74) is 6.56. The van der Waals surface area contributed by atoms with Gasteiger partial charge in [0.2, 0.25) is 11.5 Å². The Hall–Kier alpha value is -1.89. The molecule has 0 aliphatic carbocycles. The Morgan fingerprint density at radius 1 is 1.62 bits per heavy atom. The average molecular weight is 238 g/mol. The van der Waals surface area contributed by atoms with Crippen LogP contribution in [0.5, 0.6) is 0 Å². The van der Waals surface area contributed by atoms with Crippen LogP contribution in [-0.2, 0) is 6.54 Å². The molecule has 0 bridgehead atoms. The van der Waals surface area contributed by atoms with Gasteiger partial charge in [-0.05, 0) is 32.7 Å². The van der Waals surface area contributed by atoms with Gasteiger partial charge in [-0.15, -0.1) is 0 Å². The molecule has 6 nitrogen and oxygen atoms in total. The first kappa shape index (κ1) is 10.6. The summed E-state index contributed by atoms with van der Waals surface area (Å²) in [6, 6.07) is 1.96. The zero-order valence-electron chi connectivity index (χ0n) is 8.58. The minimum atomic E-state index is -0.301. The maximum absolute atomic E-state index is 11.8. The van der Waals surface area contributed by atoms with Crippen LogP contribution in [0.15, 0.2) is 21.5 Å². The minimum Gasteiger partial charge on any atom is -0.379 e. The number of amides is 1. The molecule has 1 amide bonds.